The van der Waals surface area contributed by atoms with Gasteiger partial charge in [-0.05, 0) is 43.7 Å². The highest BCUT2D eigenvalue weighted by Gasteiger charge is 2.29. The second-order valence-corrected chi connectivity index (χ2v) is 7.20. The average Bonchev–Trinajstić information content (AvgIpc) is 2.62. The number of hydrogen-bond donors (Lipinski definition) is 1. The summed E-state index contributed by atoms with van der Waals surface area (Å²) in [5.41, 5.74) is 2.21. The first-order chi connectivity index (χ1) is 12.4. The van der Waals surface area contributed by atoms with Crippen LogP contribution in [0.5, 0.6) is 0 Å². The predicted molar refractivity (Wildman–Crippen MR) is 103 cm³/mol. The summed E-state index contributed by atoms with van der Waals surface area (Å²) in [5.74, 6) is 0. The fourth-order valence-electron chi connectivity index (χ4n) is 2.86. The van der Waals surface area contributed by atoms with Crippen LogP contribution < -0.4 is 0 Å². The van der Waals surface area contributed by atoms with Gasteiger partial charge in [0.05, 0.1) is 5.60 Å². The van der Waals surface area contributed by atoms with Crippen LogP contribution in [0.15, 0.2) is 53.7 Å². The highest BCUT2D eigenvalue weighted by atomic mass is 35.5. The number of nitrogens with zero attached hydrogens (tertiary/aromatic N) is 4. The van der Waals surface area contributed by atoms with E-state index in [2.05, 4.69) is 9.98 Å². The number of rotatable bonds is 4. The number of aliphatic imine (C=N–C) groups is 1. The van der Waals surface area contributed by atoms with Crippen LogP contribution in [-0.4, -0.2) is 33.4 Å². The van der Waals surface area contributed by atoms with Gasteiger partial charge in [-0.15, -0.1) is 0 Å². The Morgan fingerprint density at radius 2 is 1.96 bits per heavy atom. The van der Waals surface area contributed by atoms with Gasteiger partial charge >= 0.3 is 0 Å². The molecule has 1 atom stereocenters. The molecule has 0 saturated heterocycles. The summed E-state index contributed by atoms with van der Waals surface area (Å²) < 4.78 is 0. The molecule has 0 aliphatic carbocycles. The summed E-state index contributed by atoms with van der Waals surface area (Å²) in [7, 11) is 0. The molecule has 0 fully saturated rings. The number of hydrogen-bond acceptors (Lipinski definition) is 5. The number of allylic oxidation sites excluding steroid dienone is 1. The largest absolute Gasteiger partial charge is 0.389 e. The van der Waals surface area contributed by atoms with Gasteiger partial charge in [-0.25, -0.2) is 4.98 Å². The first-order valence-electron chi connectivity index (χ1n) is 8.22. The van der Waals surface area contributed by atoms with Crippen molar-refractivity contribution in [1.29, 1.82) is 5.26 Å². The van der Waals surface area contributed by atoms with Gasteiger partial charge in [0.25, 0.3) is 0 Å². The molecule has 1 aliphatic rings. The number of aliphatic hydroxyl groups is 1. The van der Waals surface area contributed by atoms with Gasteiger partial charge in [-0.3, -0.25) is 4.99 Å². The van der Waals surface area contributed by atoms with Crippen molar-refractivity contribution in [2.24, 2.45) is 4.99 Å². The molecule has 0 spiro atoms. The van der Waals surface area contributed by atoms with Crippen LogP contribution in [0, 0.1) is 11.3 Å². The van der Waals surface area contributed by atoms with Gasteiger partial charge in [-0.1, -0.05) is 29.8 Å². The molecule has 0 amide bonds. The van der Waals surface area contributed by atoms with Gasteiger partial charge in [-0.2, -0.15) is 5.26 Å². The summed E-state index contributed by atoms with van der Waals surface area (Å²) >= 11 is 6.01. The molecule has 3 rings (SSSR count). The molecule has 2 aromatic rings. The lowest BCUT2D eigenvalue weighted by molar-refractivity contribution is 0.0431. The highest BCUT2D eigenvalue weighted by molar-refractivity contribution is 6.30. The van der Waals surface area contributed by atoms with Crippen molar-refractivity contribution in [2.75, 3.05) is 6.54 Å². The van der Waals surface area contributed by atoms with Gasteiger partial charge in [0.15, 0.2) is 0 Å². The smallest absolute Gasteiger partial charge is 0.148 e. The lowest BCUT2D eigenvalue weighted by Gasteiger charge is -2.38. The van der Waals surface area contributed by atoms with Gasteiger partial charge in [0, 0.05) is 35.2 Å². The minimum absolute atomic E-state index is 0.336. The number of aromatic nitrogens is 1. The van der Waals surface area contributed by atoms with Crippen LogP contribution in [-0.2, 0) is 0 Å². The Morgan fingerprint density at radius 1 is 1.23 bits per heavy atom. The van der Waals surface area contributed by atoms with E-state index in [0.29, 0.717) is 17.3 Å². The van der Waals surface area contributed by atoms with Crippen LogP contribution in [0.1, 0.15) is 36.8 Å². The minimum Gasteiger partial charge on any atom is -0.389 e. The van der Waals surface area contributed by atoms with E-state index in [4.69, 9.17) is 16.9 Å². The zero-order valence-corrected chi connectivity index (χ0v) is 15.4. The van der Waals surface area contributed by atoms with Crippen molar-refractivity contribution in [3.63, 3.8) is 0 Å². The summed E-state index contributed by atoms with van der Waals surface area (Å²) in [6.45, 7) is 3.90. The molecule has 1 unspecified atom stereocenters. The third kappa shape index (κ3) is 4.10. The zero-order chi connectivity index (χ0) is 18.7. The predicted octanol–water partition coefficient (Wildman–Crippen LogP) is 3.80. The standard InChI is InChI=1S/C20H19ClN4O/c1-20(2,26)13-25-18(14-3-6-16(21)7-4-14)9-10-23-19(25)15-5-8-17(11-22)24-12-15/h3-10,12,19,26H,13H2,1-2H3. The number of β-amino-alcohol motifs (C(OH)–C–C–N with tert-alkyl or cyclic N) is 1. The molecule has 0 radical (unpaired) electrons. The Morgan fingerprint density at radius 3 is 2.54 bits per heavy atom. The van der Waals surface area contributed by atoms with Crippen LogP contribution >= 0.6 is 11.6 Å². The summed E-state index contributed by atoms with van der Waals surface area (Å²) in [6, 6.07) is 13.1. The molecule has 1 aromatic carbocycles. The second-order valence-electron chi connectivity index (χ2n) is 6.76. The summed E-state index contributed by atoms with van der Waals surface area (Å²) in [4.78, 5) is 10.8. The van der Waals surface area contributed by atoms with E-state index in [1.54, 1.807) is 32.3 Å². The third-order valence-electron chi connectivity index (χ3n) is 3.96. The minimum atomic E-state index is -0.920. The van der Waals surface area contributed by atoms with Gasteiger partial charge in [0.2, 0.25) is 0 Å². The Labute approximate surface area is 157 Å². The molecule has 5 nitrogen and oxygen atoms in total. The molecule has 6 heteroatoms. The summed E-state index contributed by atoms with van der Waals surface area (Å²) in [5, 5.41) is 20.0. The van der Waals surface area contributed by atoms with E-state index in [0.717, 1.165) is 16.8 Å². The fraction of sp³-hybridized carbons (Fsp3) is 0.250. The molecule has 0 saturated carbocycles. The average molecular weight is 367 g/mol. The zero-order valence-electron chi connectivity index (χ0n) is 14.6. The molecule has 0 bridgehead atoms. The molecule has 1 aromatic heterocycles. The Bertz CT molecular complexity index is 874. The molecule has 26 heavy (non-hydrogen) atoms. The number of halogens is 1. The van der Waals surface area contributed by atoms with Crippen LogP contribution in [0.4, 0.5) is 0 Å². The van der Waals surface area contributed by atoms with E-state index in [1.807, 2.05) is 47.4 Å². The van der Waals surface area contributed by atoms with Gasteiger partial charge in [0.1, 0.15) is 17.9 Å². The Kier molecular flexibility index (Phi) is 5.08. The molecule has 2 heterocycles. The fourth-order valence-corrected chi connectivity index (χ4v) is 2.99. The lowest BCUT2D eigenvalue weighted by atomic mass is 10.0. The van der Waals surface area contributed by atoms with Crippen LogP contribution in [0.2, 0.25) is 5.02 Å². The number of benzene rings is 1. The van der Waals surface area contributed by atoms with Crippen molar-refractivity contribution in [3.8, 4) is 6.07 Å². The van der Waals surface area contributed by atoms with E-state index in [9.17, 15) is 5.11 Å². The van der Waals surface area contributed by atoms with Crippen molar-refractivity contribution < 1.29 is 5.11 Å². The maximum absolute atomic E-state index is 10.4. The van der Waals surface area contributed by atoms with Crippen molar-refractivity contribution in [1.82, 2.24) is 9.88 Å². The highest BCUT2D eigenvalue weighted by Crippen LogP contribution is 2.34. The monoisotopic (exact) mass is 366 g/mol. The molecular formula is C20H19ClN4O. The van der Waals surface area contributed by atoms with Crippen LogP contribution in [0.3, 0.4) is 0 Å². The van der Waals surface area contributed by atoms with E-state index in [1.165, 1.54) is 0 Å². The van der Waals surface area contributed by atoms with E-state index >= 15 is 0 Å². The number of pyridine rings is 1. The number of nitriles is 1. The first-order valence-corrected chi connectivity index (χ1v) is 8.60. The maximum atomic E-state index is 10.4. The third-order valence-corrected chi connectivity index (χ3v) is 4.21. The maximum Gasteiger partial charge on any atom is 0.148 e. The molecule has 1 N–H and O–H groups in total. The molecule has 132 valence electrons. The van der Waals surface area contributed by atoms with Gasteiger partial charge < -0.3 is 10.0 Å². The second kappa shape index (κ2) is 7.28. The van der Waals surface area contributed by atoms with Crippen molar-refractivity contribution in [3.05, 3.63) is 70.5 Å². The van der Waals surface area contributed by atoms with Crippen LogP contribution in [0.25, 0.3) is 5.70 Å². The molecular weight excluding hydrogens is 348 g/mol. The van der Waals surface area contributed by atoms with Crippen molar-refractivity contribution in [2.45, 2.75) is 25.6 Å². The van der Waals surface area contributed by atoms with Crippen molar-refractivity contribution >= 4 is 23.5 Å². The summed E-state index contributed by atoms with van der Waals surface area (Å²) in [6.07, 6.45) is 5.00. The Hall–Kier alpha value is -2.68. The normalized spacial score (nSPS) is 17.0. The SMILES string of the molecule is CC(C)(O)CN1C(c2ccc(Cl)cc2)=CC=NC1c1ccc(C#N)nc1. The van der Waals surface area contributed by atoms with E-state index < -0.39 is 5.60 Å². The van der Waals surface area contributed by atoms with E-state index in [-0.39, 0.29) is 6.17 Å². The first kappa shape index (κ1) is 18.1. The quantitative estimate of drug-likeness (QED) is 0.893. The molecule has 1 aliphatic heterocycles. The Balaban J connectivity index is 2.01. The topological polar surface area (TPSA) is 72.5 Å². The lowest BCUT2D eigenvalue weighted by Crippen LogP contribution is -2.40.